The van der Waals surface area contributed by atoms with Gasteiger partial charge in [-0.1, -0.05) is 6.92 Å². The number of halogens is 6. The van der Waals surface area contributed by atoms with Crippen molar-refractivity contribution in [2.24, 2.45) is 0 Å². The average Bonchev–Trinajstić information content (AvgIpc) is 2.53. The van der Waals surface area contributed by atoms with Gasteiger partial charge in [0.05, 0.1) is 6.61 Å². The fraction of sp³-hybridized carbons (Fsp3) is 0.467. The lowest BCUT2D eigenvalue weighted by molar-refractivity contribution is -0.274. The van der Waals surface area contributed by atoms with Crippen LogP contribution in [0.2, 0.25) is 0 Å². The Hall–Kier alpha value is -2.66. The van der Waals surface area contributed by atoms with Gasteiger partial charge < -0.3 is 20.1 Å². The van der Waals surface area contributed by atoms with E-state index < -0.39 is 48.1 Å². The highest BCUT2D eigenvalue weighted by molar-refractivity contribution is 5.91. The van der Waals surface area contributed by atoms with Gasteiger partial charge in [-0.25, -0.2) is 4.79 Å². The van der Waals surface area contributed by atoms with E-state index in [9.17, 15) is 35.9 Å². The van der Waals surface area contributed by atoms with Gasteiger partial charge in [0.1, 0.15) is 5.75 Å². The van der Waals surface area contributed by atoms with Gasteiger partial charge in [0.25, 0.3) is 0 Å². The van der Waals surface area contributed by atoms with Gasteiger partial charge in [0.2, 0.25) is 5.91 Å². The Labute approximate surface area is 149 Å². The third kappa shape index (κ3) is 5.93. The van der Waals surface area contributed by atoms with Crippen molar-refractivity contribution in [1.29, 1.82) is 0 Å². The van der Waals surface area contributed by atoms with Crippen LogP contribution in [0.4, 0.5) is 32.0 Å². The topological polar surface area (TPSA) is 76.7 Å². The molecule has 1 rings (SSSR count). The molecule has 0 aromatic heterocycles. The van der Waals surface area contributed by atoms with Crippen LogP contribution in [0.15, 0.2) is 24.3 Å². The van der Waals surface area contributed by atoms with Crippen LogP contribution in [0.3, 0.4) is 0 Å². The Bertz CT molecular complexity index is 660. The summed E-state index contributed by atoms with van der Waals surface area (Å²) in [6, 6.07) is 3.12. The van der Waals surface area contributed by atoms with Crippen molar-refractivity contribution in [2.75, 3.05) is 11.9 Å². The zero-order valence-corrected chi connectivity index (χ0v) is 14.1. The molecule has 0 spiro atoms. The summed E-state index contributed by atoms with van der Waals surface area (Å²) >= 11 is 0. The summed E-state index contributed by atoms with van der Waals surface area (Å²) in [6.45, 7) is 2.13. The summed E-state index contributed by atoms with van der Waals surface area (Å²) in [5.41, 5.74) is -4.03. The largest absolute Gasteiger partial charge is 0.573 e. The van der Waals surface area contributed by atoms with Gasteiger partial charge in [0.15, 0.2) is 0 Å². The number of hydrogen-bond acceptors (Lipinski definition) is 5. The van der Waals surface area contributed by atoms with E-state index in [1.165, 1.54) is 13.8 Å². The molecule has 12 heteroatoms. The van der Waals surface area contributed by atoms with Gasteiger partial charge in [-0.05, 0) is 31.2 Å². The summed E-state index contributed by atoms with van der Waals surface area (Å²) in [7, 11) is 0. The molecule has 0 aliphatic rings. The second-order valence-electron chi connectivity index (χ2n) is 5.07. The molecule has 0 radical (unpaired) electrons. The van der Waals surface area contributed by atoms with E-state index in [2.05, 4.69) is 9.47 Å². The number of anilines is 1. The van der Waals surface area contributed by atoms with Gasteiger partial charge in [-0.3, -0.25) is 4.79 Å². The Morgan fingerprint density at radius 3 is 1.96 bits per heavy atom. The minimum atomic E-state index is -5.33. The fourth-order valence-electron chi connectivity index (χ4n) is 1.88. The van der Waals surface area contributed by atoms with Gasteiger partial charge >= 0.3 is 24.2 Å². The molecule has 2 N–H and O–H groups in total. The Balaban J connectivity index is 3.26. The van der Waals surface area contributed by atoms with Crippen molar-refractivity contribution in [3.05, 3.63) is 24.3 Å². The van der Waals surface area contributed by atoms with Crippen molar-refractivity contribution in [3.8, 4) is 5.75 Å². The second-order valence-corrected chi connectivity index (χ2v) is 5.07. The summed E-state index contributed by atoms with van der Waals surface area (Å²) < 4.78 is 85.5. The molecule has 0 heterocycles. The minimum Gasteiger partial charge on any atom is -0.463 e. The molecule has 0 bridgehead atoms. The maximum Gasteiger partial charge on any atom is 0.573 e. The number of esters is 1. The Morgan fingerprint density at radius 1 is 1.00 bits per heavy atom. The van der Waals surface area contributed by atoms with E-state index in [4.69, 9.17) is 0 Å². The van der Waals surface area contributed by atoms with E-state index in [-0.39, 0.29) is 6.42 Å². The average molecular weight is 402 g/mol. The maximum absolute atomic E-state index is 13.7. The highest BCUT2D eigenvalue weighted by Crippen LogP contribution is 2.34. The molecule has 0 unspecified atom stereocenters. The number of ether oxygens (including phenoxy) is 2. The lowest BCUT2D eigenvalue weighted by atomic mass is 10.1. The number of amides is 1. The number of rotatable bonds is 7. The zero-order chi connectivity index (χ0) is 20.9. The summed E-state index contributed by atoms with van der Waals surface area (Å²) in [6.07, 6.45) is -10.7. The first kappa shape index (κ1) is 22.4. The highest BCUT2D eigenvalue weighted by Gasteiger charge is 2.63. The first-order valence-corrected chi connectivity index (χ1v) is 7.53. The van der Waals surface area contributed by atoms with Gasteiger partial charge in [0, 0.05) is 12.1 Å². The van der Waals surface area contributed by atoms with Crippen molar-refractivity contribution in [1.82, 2.24) is 5.32 Å². The molecular weight excluding hydrogens is 386 g/mol. The monoisotopic (exact) mass is 402 g/mol. The predicted octanol–water partition coefficient (Wildman–Crippen LogP) is 3.35. The van der Waals surface area contributed by atoms with Crippen molar-refractivity contribution < 1.29 is 45.4 Å². The number of benzene rings is 1. The number of nitrogens with one attached hydrogen (secondary N) is 2. The first-order valence-electron chi connectivity index (χ1n) is 7.53. The van der Waals surface area contributed by atoms with Crippen molar-refractivity contribution in [3.63, 3.8) is 0 Å². The number of carbonyl (C=O) groups is 2. The van der Waals surface area contributed by atoms with Crippen LogP contribution in [0.5, 0.6) is 5.75 Å². The van der Waals surface area contributed by atoms with E-state index in [1.807, 2.05) is 0 Å². The molecule has 0 aliphatic carbocycles. The Morgan fingerprint density at radius 2 is 1.56 bits per heavy atom. The number of alkyl halides is 6. The lowest BCUT2D eigenvalue weighted by Crippen LogP contribution is -2.69. The molecule has 1 atom stereocenters. The number of hydrogen-bond donors (Lipinski definition) is 2. The van der Waals surface area contributed by atoms with E-state index in [0.717, 1.165) is 24.3 Å². The normalized spacial score (nSPS) is 14.1. The summed E-state index contributed by atoms with van der Waals surface area (Å²) in [5.74, 6) is -3.61. The maximum atomic E-state index is 13.7. The fourth-order valence-corrected chi connectivity index (χ4v) is 1.88. The van der Waals surface area contributed by atoms with Crippen LogP contribution in [0, 0.1) is 0 Å². The predicted molar refractivity (Wildman–Crippen MR) is 80.6 cm³/mol. The molecule has 0 saturated carbocycles. The van der Waals surface area contributed by atoms with E-state index in [1.54, 1.807) is 10.6 Å². The van der Waals surface area contributed by atoms with Crippen LogP contribution in [-0.2, 0) is 14.3 Å². The Kier molecular flexibility index (Phi) is 6.93. The highest BCUT2D eigenvalue weighted by atomic mass is 19.4. The third-order valence-corrected chi connectivity index (χ3v) is 3.07. The zero-order valence-electron chi connectivity index (χ0n) is 14.1. The van der Waals surface area contributed by atoms with Crippen LogP contribution in [-0.4, -0.2) is 36.7 Å². The summed E-state index contributed by atoms with van der Waals surface area (Å²) in [5, 5.41) is 3.35. The molecule has 27 heavy (non-hydrogen) atoms. The van der Waals surface area contributed by atoms with Gasteiger partial charge in [-0.15, -0.1) is 13.2 Å². The van der Waals surface area contributed by atoms with Crippen LogP contribution < -0.4 is 15.4 Å². The molecule has 6 nitrogen and oxygen atoms in total. The summed E-state index contributed by atoms with van der Waals surface area (Å²) in [4.78, 5) is 23.6. The molecule has 152 valence electrons. The van der Waals surface area contributed by atoms with E-state index >= 15 is 0 Å². The molecule has 1 aromatic carbocycles. The van der Waals surface area contributed by atoms with Crippen molar-refractivity contribution in [2.45, 2.75) is 38.5 Å². The first-order chi connectivity index (χ1) is 12.3. The minimum absolute atomic E-state index is 0.364. The molecule has 0 aliphatic heterocycles. The smallest absolute Gasteiger partial charge is 0.463 e. The van der Waals surface area contributed by atoms with Gasteiger partial charge in [-0.2, -0.15) is 13.2 Å². The molecular formula is C15H16F6N2O4. The quantitative estimate of drug-likeness (QED) is 0.416. The second kappa shape index (κ2) is 8.35. The third-order valence-electron chi connectivity index (χ3n) is 3.07. The standard InChI is InChI=1S/C15H16F6N2O4/c1-3-11(24)23-13(14(16,17)18,12(25)26-4-2)22-9-5-7-10(8-6-9)27-15(19,20)21/h5-8,22H,3-4H2,1-2H3,(H,23,24)/t13-/m0/s1. The van der Waals surface area contributed by atoms with Crippen molar-refractivity contribution >= 4 is 17.6 Å². The lowest BCUT2D eigenvalue weighted by Gasteiger charge is -2.35. The molecule has 0 saturated heterocycles. The molecule has 1 amide bonds. The SMILES string of the molecule is CCOC(=O)[C@@](NC(=O)CC)(Nc1ccc(OC(F)(F)F)cc1)C(F)(F)F. The molecule has 0 fully saturated rings. The van der Waals surface area contributed by atoms with Crippen LogP contribution >= 0.6 is 0 Å². The van der Waals surface area contributed by atoms with Crippen LogP contribution in [0.1, 0.15) is 20.3 Å². The van der Waals surface area contributed by atoms with E-state index in [0.29, 0.717) is 0 Å². The molecule has 1 aromatic rings. The number of carbonyl (C=O) groups excluding carboxylic acids is 2. The van der Waals surface area contributed by atoms with Crippen LogP contribution in [0.25, 0.3) is 0 Å².